The first-order chi connectivity index (χ1) is 15.0. The number of amides is 2. The zero-order valence-corrected chi connectivity index (χ0v) is 18.2. The van der Waals surface area contributed by atoms with Crippen LogP contribution in [0.3, 0.4) is 0 Å². The zero-order valence-electron chi connectivity index (χ0n) is 17.5. The van der Waals surface area contributed by atoms with Crippen LogP contribution in [0, 0.1) is 12.8 Å². The van der Waals surface area contributed by atoms with Gasteiger partial charge in [0, 0.05) is 56.0 Å². The SMILES string of the molecule is Cc1cc(C(=O)N2CC[C@H](Oc3cccc(Cl)c3)[C@@H](CC(=O)N3CCOCC3)C2)on1. The number of hydrogen-bond donors (Lipinski definition) is 0. The summed E-state index contributed by atoms with van der Waals surface area (Å²) in [5.41, 5.74) is 0.654. The molecule has 2 aliphatic rings. The van der Waals surface area contributed by atoms with Crippen molar-refractivity contribution < 1.29 is 23.6 Å². The van der Waals surface area contributed by atoms with E-state index in [2.05, 4.69) is 5.16 Å². The Morgan fingerprint density at radius 3 is 2.71 bits per heavy atom. The smallest absolute Gasteiger partial charge is 0.292 e. The van der Waals surface area contributed by atoms with E-state index in [-0.39, 0.29) is 29.6 Å². The number of nitrogens with zero attached hydrogens (tertiary/aromatic N) is 3. The molecule has 0 spiro atoms. The normalized spacial score (nSPS) is 21.7. The van der Waals surface area contributed by atoms with Gasteiger partial charge in [0.25, 0.3) is 5.91 Å². The minimum absolute atomic E-state index is 0.0535. The first-order valence-corrected chi connectivity index (χ1v) is 10.9. The first kappa shape index (κ1) is 21.6. The number of aryl methyl sites for hydroxylation is 1. The van der Waals surface area contributed by atoms with Crippen LogP contribution in [0.4, 0.5) is 0 Å². The summed E-state index contributed by atoms with van der Waals surface area (Å²) in [6, 6.07) is 8.86. The van der Waals surface area contributed by atoms with Gasteiger partial charge in [-0.05, 0) is 25.1 Å². The van der Waals surface area contributed by atoms with Gasteiger partial charge in [0.15, 0.2) is 0 Å². The third-order valence-corrected chi connectivity index (χ3v) is 5.91. The fourth-order valence-corrected chi connectivity index (χ4v) is 4.23. The van der Waals surface area contributed by atoms with Gasteiger partial charge in [0.1, 0.15) is 11.9 Å². The molecule has 4 rings (SSSR count). The predicted molar refractivity (Wildman–Crippen MR) is 113 cm³/mol. The van der Waals surface area contributed by atoms with E-state index in [4.69, 9.17) is 25.6 Å². The number of carbonyl (C=O) groups excluding carboxylic acids is 2. The molecule has 1 aromatic heterocycles. The number of piperidine rings is 1. The minimum atomic E-state index is -0.217. The number of likely N-dealkylation sites (tertiary alicyclic amines) is 1. The van der Waals surface area contributed by atoms with Gasteiger partial charge in [-0.15, -0.1) is 0 Å². The molecule has 8 nitrogen and oxygen atoms in total. The van der Waals surface area contributed by atoms with Gasteiger partial charge in [0.2, 0.25) is 11.7 Å². The number of ether oxygens (including phenoxy) is 2. The molecule has 2 saturated heterocycles. The molecule has 1 aromatic carbocycles. The van der Waals surface area contributed by atoms with E-state index < -0.39 is 0 Å². The molecule has 0 bridgehead atoms. The predicted octanol–water partition coefficient (Wildman–Crippen LogP) is 2.80. The summed E-state index contributed by atoms with van der Waals surface area (Å²) in [6.45, 7) is 4.96. The molecule has 2 fully saturated rings. The van der Waals surface area contributed by atoms with Gasteiger partial charge in [0.05, 0.1) is 18.9 Å². The van der Waals surface area contributed by atoms with Crippen molar-refractivity contribution in [2.45, 2.75) is 25.9 Å². The second kappa shape index (κ2) is 9.70. The van der Waals surface area contributed by atoms with Crippen molar-refractivity contribution in [3.05, 3.63) is 46.8 Å². The molecule has 166 valence electrons. The third kappa shape index (κ3) is 5.37. The number of morpholine rings is 1. The minimum Gasteiger partial charge on any atom is -0.490 e. The number of rotatable bonds is 5. The number of aromatic nitrogens is 1. The Morgan fingerprint density at radius 1 is 1.19 bits per heavy atom. The van der Waals surface area contributed by atoms with E-state index in [1.165, 1.54) is 0 Å². The van der Waals surface area contributed by atoms with Crippen LogP contribution in [0.15, 0.2) is 34.9 Å². The van der Waals surface area contributed by atoms with E-state index in [0.717, 1.165) is 0 Å². The quantitative estimate of drug-likeness (QED) is 0.700. The van der Waals surface area contributed by atoms with E-state index >= 15 is 0 Å². The van der Waals surface area contributed by atoms with Crippen LogP contribution < -0.4 is 4.74 Å². The maximum atomic E-state index is 12.9. The molecule has 2 atom stereocenters. The first-order valence-electron chi connectivity index (χ1n) is 10.5. The molecule has 2 amide bonds. The molecule has 0 aliphatic carbocycles. The summed E-state index contributed by atoms with van der Waals surface area (Å²) in [5.74, 6) is 0.552. The summed E-state index contributed by atoms with van der Waals surface area (Å²) >= 11 is 6.10. The summed E-state index contributed by atoms with van der Waals surface area (Å²) in [7, 11) is 0. The van der Waals surface area contributed by atoms with Crippen LogP contribution in [0.1, 0.15) is 29.1 Å². The Bertz CT molecular complexity index is 927. The van der Waals surface area contributed by atoms with Crippen LogP contribution in [0.2, 0.25) is 5.02 Å². The lowest BCUT2D eigenvalue weighted by molar-refractivity contribution is -0.137. The Labute approximate surface area is 186 Å². The van der Waals surface area contributed by atoms with Gasteiger partial charge in [-0.3, -0.25) is 9.59 Å². The van der Waals surface area contributed by atoms with Crippen LogP contribution in [-0.4, -0.2) is 72.3 Å². The van der Waals surface area contributed by atoms with Gasteiger partial charge >= 0.3 is 0 Å². The lowest BCUT2D eigenvalue weighted by Gasteiger charge is -2.39. The summed E-state index contributed by atoms with van der Waals surface area (Å²) in [6.07, 6.45) is 0.695. The summed E-state index contributed by atoms with van der Waals surface area (Å²) < 4.78 is 16.7. The van der Waals surface area contributed by atoms with Crippen molar-refractivity contribution in [1.29, 1.82) is 0 Å². The van der Waals surface area contributed by atoms with Crippen molar-refractivity contribution in [2.75, 3.05) is 39.4 Å². The molecule has 0 radical (unpaired) electrons. The molecule has 0 N–H and O–H groups in total. The van der Waals surface area contributed by atoms with E-state index in [0.29, 0.717) is 68.7 Å². The lowest BCUT2D eigenvalue weighted by atomic mass is 9.90. The summed E-state index contributed by atoms with van der Waals surface area (Å²) in [5, 5.41) is 4.40. The Balaban J connectivity index is 1.48. The lowest BCUT2D eigenvalue weighted by Crippen LogP contribution is -2.50. The van der Waals surface area contributed by atoms with Crippen molar-refractivity contribution >= 4 is 23.4 Å². The van der Waals surface area contributed by atoms with Crippen molar-refractivity contribution in [2.24, 2.45) is 5.92 Å². The highest BCUT2D eigenvalue weighted by Crippen LogP contribution is 2.28. The van der Waals surface area contributed by atoms with Gasteiger partial charge in [-0.2, -0.15) is 0 Å². The van der Waals surface area contributed by atoms with E-state index in [1.54, 1.807) is 30.0 Å². The van der Waals surface area contributed by atoms with Crippen molar-refractivity contribution in [1.82, 2.24) is 15.0 Å². The third-order valence-electron chi connectivity index (χ3n) is 5.67. The van der Waals surface area contributed by atoms with Crippen LogP contribution in [-0.2, 0) is 9.53 Å². The van der Waals surface area contributed by atoms with Crippen LogP contribution in [0.25, 0.3) is 0 Å². The van der Waals surface area contributed by atoms with Gasteiger partial charge in [-0.1, -0.05) is 22.8 Å². The van der Waals surface area contributed by atoms with Gasteiger partial charge in [-0.25, -0.2) is 0 Å². The molecule has 2 aromatic rings. The topological polar surface area (TPSA) is 85.1 Å². The monoisotopic (exact) mass is 447 g/mol. The number of halogens is 1. The standard InChI is InChI=1S/C22H26ClN3O5/c1-15-11-20(31-24-15)22(28)26-6-5-19(30-18-4-2-3-17(23)13-18)16(14-26)12-21(27)25-7-9-29-10-8-25/h2-4,11,13,16,19H,5-10,12,14H2,1H3/t16-,19-/m0/s1. The van der Waals surface area contributed by atoms with Crippen LogP contribution >= 0.6 is 11.6 Å². The highest BCUT2D eigenvalue weighted by molar-refractivity contribution is 6.30. The highest BCUT2D eigenvalue weighted by Gasteiger charge is 2.36. The van der Waals surface area contributed by atoms with Crippen molar-refractivity contribution in [3.63, 3.8) is 0 Å². The number of benzene rings is 1. The molecule has 3 heterocycles. The molecule has 9 heteroatoms. The maximum Gasteiger partial charge on any atom is 0.292 e. The van der Waals surface area contributed by atoms with E-state index in [1.807, 2.05) is 17.0 Å². The largest absolute Gasteiger partial charge is 0.490 e. The summed E-state index contributed by atoms with van der Waals surface area (Å²) in [4.78, 5) is 29.3. The number of carbonyl (C=O) groups is 2. The van der Waals surface area contributed by atoms with Gasteiger partial charge < -0.3 is 23.8 Å². The fraction of sp³-hybridized carbons (Fsp3) is 0.500. The molecular weight excluding hydrogens is 422 g/mol. The Kier molecular flexibility index (Phi) is 6.77. The molecule has 31 heavy (non-hydrogen) atoms. The molecule has 0 saturated carbocycles. The number of hydrogen-bond acceptors (Lipinski definition) is 6. The Hall–Kier alpha value is -2.58. The second-order valence-corrected chi connectivity index (χ2v) is 8.38. The average molecular weight is 448 g/mol. The molecule has 2 aliphatic heterocycles. The highest BCUT2D eigenvalue weighted by atomic mass is 35.5. The van der Waals surface area contributed by atoms with E-state index in [9.17, 15) is 9.59 Å². The average Bonchev–Trinajstić information content (AvgIpc) is 3.21. The second-order valence-electron chi connectivity index (χ2n) is 7.94. The zero-order chi connectivity index (χ0) is 21.8. The van der Waals surface area contributed by atoms with Crippen LogP contribution in [0.5, 0.6) is 5.75 Å². The molecule has 0 unspecified atom stereocenters. The Morgan fingerprint density at radius 2 is 2.00 bits per heavy atom. The molecular formula is C22H26ClN3O5. The van der Waals surface area contributed by atoms with Crippen molar-refractivity contribution in [3.8, 4) is 5.75 Å². The fourth-order valence-electron chi connectivity index (χ4n) is 4.05. The maximum absolute atomic E-state index is 12.9.